The van der Waals surface area contributed by atoms with Crippen LogP contribution in [0.5, 0.6) is 0 Å². The molecule has 1 saturated heterocycles. The van der Waals surface area contributed by atoms with E-state index < -0.39 is 0 Å². The predicted octanol–water partition coefficient (Wildman–Crippen LogP) is 3.40. The van der Waals surface area contributed by atoms with Crippen molar-refractivity contribution < 1.29 is 14.3 Å². The van der Waals surface area contributed by atoms with Gasteiger partial charge < -0.3 is 24.9 Å². The van der Waals surface area contributed by atoms with E-state index in [1.165, 1.54) is 0 Å². The Morgan fingerprint density at radius 3 is 2.38 bits per heavy atom. The van der Waals surface area contributed by atoms with Gasteiger partial charge in [-0.05, 0) is 49.3 Å². The molecule has 0 bridgehead atoms. The van der Waals surface area contributed by atoms with Crippen molar-refractivity contribution in [1.29, 1.82) is 0 Å². The second-order valence-corrected chi connectivity index (χ2v) is 7.85. The number of benzene rings is 1. The second kappa shape index (κ2) is 9.38. The fourth-order valence-electron chi connectivity index (χ4n) is 3.57. The number of nitrogens with two attached hydrogens (primary N) is 1. The number of ether oxygens (including phenoxy) is 2. The van der Waals surface area contributed by atoms with E-state index in [1.807, 2.05) is 6.07 Å². The third-order valence-corrected chi connectivity index (χ3v) is 5.12. The Kier molecular flexibility index (Phi) is 7.47. The first-order valence-corrected chi connectivity index (χ1v) is 9.58. The lowest BCUT2D eigenvalue weighted by Gasteiger charge is -2.38. The first kappa shape index (κ1) is 20.7. The Hall–Kier alpha value is -1.59. The van der Waals surface area contributed by atoms with Gasteiger partial charge in [0.15, 0.2) is 0 Å². The fraction of sp³-hybridized carbons (Fsp3) is 0.667. The van der Waals surface area contributed by atoms with Crippen LogP contribution in [0.3, 0.4) is 0 Å². The minimum absolute atomic E-state index is 0.256. The van der Waals surface area contributed by atoms with Crippen LogP contribution in [0, 0.1) is 5.92 Å². The van der Waals surface area contributed by atoms with Crippen LogP contribution < -0.4 is 10.6 Å². The largest absolute Gasteiger partial charge is 0.397 e. The highest BCUT2D eigenvalue weighted by Crippen LogP contribution is 2.47. The van der Waals surface area contributed by atoms with E-state index in [2.05, 4.69) is 35.6 Å². The number of methoxy groups -OCH3 is 1. The van der Waals surface area contributed by atoms with Crippen LogP contribution in [-0.4, -0.2) is 46.3 Å². The Labute approximate surface area is 157 Å². The minimum Gasteiger partial charge on any atom is -0.397 e. The molecule has 146 valence electrons. The highest BCUT2D eigenvalue weighted by Gasteiger charge is 2.44. The summed E-state index contributed by atoms with van der Waals surface area (Å²) >= 11 is 0. The molecular formula is C21H34N2O3. The second-order valence-electron chi connectivity index (χ2n) is 7.85. The first-order valence-electron chi connectivity index (χ1n) is 9.58. The number of nitrogens with zero attached hydrogens (tertiary/aromatic N) is 1. The van der Waals surface area contributed by atoms with E-state index >= 15 is 0 Å². The monoisotopic (exact) mass is 362 g/mol. The summed E-state index contributed by atoms with van der Waals surface area (Å²) in [4.78, 5) is 13.8. The Morgan fingerprint density at radius 1 is 1.31 bits per heavy atom. The third-order valence-electron chi connectivity index (χ3n) is 5.12. The van der Waals surface area contributed by atoms with Crippen molar-refractivity contribution in [2.24, 2.45) is 5.92 Å². The molecule has 2 N–H and O–H groups in total. The molecule has 0 spiro atoms. The quantitative estimate of drug-likeness (QED) is 0.621. The number of anilines is 2. The normalized spacial score (nSPS) is 18.8. The molecule has 1 heterocycles. The molecule has 2 aliphatic rings. The van der Waals surface area contributed by atoms with Crippen LogP contribution in [0.4, 0.5) is 11.4 Å². The molecule has 0 amide bonds. The van der Waals surface area contributed by atoms with Crippen LogP contribution in [0.25, 0.3) is 0 Å². The van der Waals surface area contributed by atoms with E-state index in [4.69, 9.17) is 10.5 Å². The first-order chi connectivity index (χ1) is 12.5. The van der Waals surface area contributed by atoms with Crippen molar-refractivity contribution in [3.05, 3.63) is 23.8 Å². The topological polar surface area (TPSA) is 64.8 Å². The maximum Gasteiger partial charge on any atom is 0.130 e. The summed E-state index contributed by atoms with van der Waals surface area (Å²) in [6.07, 6.45) is 5.08. The zero-order valence-corrected chi connectivity index (χ0v) is 16.7. The van der Waals surface area contributed by atoms with Gasteiger partial charge in [0.25, 0.3) is 0 Å². The van der Waals surface area contributed by atoms with Gasteiger partial charge in [-0.25, -0.2) is 0 Å². The van der Waals surface area contributed by atoms with Crippen molar-refractivity contribution in [2.45, 2.75) is 51.0 Å². The van der Waals surface area contributed by atoms with Gasteiger partial charge in [0, 0.05) is 40.0 Å². The van der Waals surface area contributed by atoms with Crippen molar-refractivity contribution in [3.8, 4) is 0 Å². The predicted molar refractivity (Wildman–Crippen MR) is 107 cm³/mol. The van der Waals surface area contributed by atoms with Gasteiger partial charge >= 0.3 is 0 Å². The zero-order chi connectivity index (χ0) is 19.2. The Bertz CT molecular complexity index is 579. The number of hydrogen-bond donors (Lipinski definition) is 1. The van der Waals surface area contributed by atoms with E-state index in [1.54, 1.807) is 14.2 Å². The summed E-state index contributed by atoms with van der Waals surface area (Å²) in [7, 11) is 3.25. The van der Waals surface area contributed by atoms with Crippen LogP contribution >= 0.6 is 0 Å². The van der Waals surface area contributed by atoms with Crippen LogP contribution in [-0.2, 0) is 19.7 Å². The lowest BCUT2D eigenvalue weighted by atomic mass is 9.95. The molecule has 0 atom stereocenters. The van der Waals surface area contributed by atoms with Gasteiger partial charge in [0.2, 0.25) is 0 Å². The number of nitrogen functional groups attached to an aromatic ring is 1. The van der Waals surface area contributed by atoms with E-state index in [9.17, 15) is 4.79 Å². The highest BCUT2D eigenvalue weighted by molar-refractivity contribution is 5.77. The van der Waals surface area contributed by atoms with Gasteiger partial charge in [-0.3, -0.25) is 0 Å². The molecule has 0 unspecified atom stereocenters. The number of aldehydes is 1. The van der Waals surface area contributed by atoms with E-state index in [0.29, 0.717) is 12.0 Å². The summed E-state index contributed by atoms with van der Waals surface area (Å²) in [6, 6.07) is 6.72. The zero-order valence-electron chi connectivity index (χ0n) is 16.7. The summed E-state index contributed by atoms with van der Waals surface area (Å²) in [6.45, 7) is 7.12. The molecule has 3 rings (SSSR count). The Balaban J connectivity index is 0.000000758. The fourth-order valence-corrected chi connectivity index (χ4v) is 3.57. The van der Waals surface area contributed by atoms with Crippen molar-refractivity contribution >= 4 is 17.7 Å². The van der Waals surface area contributed by atoms with Crippen molar-refractivity contribution in [2.75, 3.05) is 44.6 Å². The van der Waals surface area contributed by atoms with Crippen molar-refractivity contribution in [1.82, 2.24) is 0 Å². The average molecular weight is 363 g/mol. The molecule has 1 aliphatic heterocycles. The molecule has 5 heteroatoms. The summed E-state index contributed by atoms with van der Waals surface area (Å²) < 4.78 is 9.76. The smallest absolute Gasteiger partial charge is 0.130 e. The highest BCUT2D eigenvalue weighted by atomic mass is 16.5. The number of carbonyl (C=O) groups excluding carboxylic acids is 1. The standard InChI is InChI=1S/C19H28N2O2.C2H6O/c1-14(2)12-21(16-5-9-23-10-6-16)18-4-3-15(11-17(18)20)19(13-22)7-8-19;1-3-2/h3-4,11,13-14,16H,5-10,12,20H2,1-2H3;1-2H3. The summed E-state index contributed by atoms with van der Waals surface area (Å²) in [5, 5.41) is 0. The number of carbonyl (C=O) groups is 1. The van der Waals surface area contributed by atoms with Crippen LogP contribution in [0.2, 0.25) is 0 Å². The molecule has 0 radical (unpaired) electrons. The number of hydrogen-bond acceptors (Lipinski definition) is 5. The molecule has 0 aromatic heterocycles. The molecule has 2 fully saturated rings. The molecule has 5 nitrogen and oxygen atoms in total. The molecule has 26 heavy (non-hydrogen) atoms. The molecule has 1 aromatic carbocycles. The maximum atomic E-state index is 11.3. The summed E-state index contributed by atoms with van der Waals surface area (Å²) in [5.74, 6) is 0.571. The Morgan fingerprint density at radius 2 is 1.92 bits per heavy atom. The number of rotatable bonds is 6. The molecular weight excluding hydrogens is 328 g/mol. The maximum absolute atomic E-state index is 11.3. The molecule has 1 aliphatic carbocycles. The molecule has 1 saturated carbocycles. The SMILES string of the molecule is CC(C)CN(c1ccc(C2(C=O)CC2)cc1N)C1CCOCC1.COC. The minimum atomic E-state index is -0.256. The van der Waals surface area contributed by atoms with Crippen LogP contribution in [0.15, 0.2) is 18.2 Å². The lowest BCUT2D eigenvalue weighted by molar-refractivity contribution is -0.109. The van der Waals surface area contributed by atoms with E-state index in [-0.39, 0.29) is 5.41 Å². The van der Waals surface area contributed by atoms with Gasteiger partial charge in [-0.1, -0.05) is 19.9 Å². The summed E-state index contributed by atoms with van der Waals surface area (Å²) in [5.41, 5.74) is 9.12. The van der Waals surface area contributed by atoms with Gasteiger partial charge in [-0.2, -0.15) is 0 Å². The van der Waals surface area contributed by atoms with Gasteiger partial charge in [0.05, 0.1) is 16.8 Å². The lowest BCUT2D eigenvalue weighted by Crippen LogP contribution is -2.42. The molecule has 1 aromatic rings. The van der Waals surface area contributed by atoms with Crippen molar-refractivity contribution in [3.63, 3.8) is 0 Å². The third kappa shape index (κ3) is 4.98. The average Bonchev–Trinajstić information content (AvgIpc) is 3.42. The van der Waals surface area contributed by atoms with Crippen LogP contribution in [0.1, 0.15) is 45.1 Å². The van der Waals surface area contributed by atoms with E-state index in [0.717, 1.165) is 68.7 Å². The van der Waals surface area contributed by atoms with Gasteiger partial charge in [-0.15, -0.1) is 0 Å². The van der Waals surface area contributed by atoms with Gasteiger partial charge in [0.1, 0.15) is 6.29 Å².